The smallest absolute Gasteiger partial charge is 0.129 e. The summed E-state index contributed by atoms with van der Waals surface area (Å²) in [7, 11) is 0. The average Bonchev–Trinajstić information content (AvgIpc) is 2.29. The quantitative estimate of drug-likeness (QED) is 0.863. The number of benzene rings is 1. The van der Waals surface area contributed by atoms with Crippen molar-refractivity contribution < 1.29 is 0 Å². The van der Waals surface area contributed by atoms with Crippen LogP contribution >= 0.6 is 0 Å². The Morgan fingerprint density at radius 1 is 1.12 bits per heavy atom. The van der Waals surface area contributed by atoms with Gasteiger partial charge in [0.1, 0.15) is 5.82 Å². The van der Waals surface area contributed by atoms with Crippen LogP contribution in [0.1, 0.15) is 30.5 Å². The van der Waals surface area contributed by atoms with E-state index in [1.807, 2.05) is 0 Å². The Morgan fingerprint density at radius 2 is 1.88 bits per heavy atom. The topological polar surface area (TPSA) is 24.9 Å². The Labute approximate surface area is 103 Å². The maximum atomic E-state index is 4.77. The first kappa shape index (κ1) is 11.9. The Morgan fingerprint density at radius 3 is 2.53 bits per heavy atom. The number of nitrogens with zero attached hydrogens (tertiary/aromatic N) is 1. The van der Waals surface area contributed by atoms with Crippen LogP contribution in [0.3, 0.4) is 0 Å². The van der Waals surface area contributed by atoms with Gasteiger partial charge in [-0.15, -0.1) is 0 Å². The summed E-state index contributed by atoms with van der Waals surface area (Å²) in [6, 6.07) is 6.67. The van der Waals surface area contributed by atoms with Gasteiger partial charge in [-0.05, 0) is 50.5 Å². The zero-order valence-electron chi connectivity index (χ0n) is 11.1. The molecule has 0 unspecified atom stereocenters. The van der Waals surface area contributed by atoms with E-state index in [4.69, 9.17) is 4.98 Å². The minimum atomic E-state index is 0.913. The maximum absolute atomic E-state index is 4.77. The maximum Gasteiger partial charge on any atom is 0.129 e. The zero-order valence-corrected chi connectivity index (χ0v) is 11.1. The molecule has 0 saturated heterocycles. The van der Waals surface area contributed by atoms with E-state index < -0.39 is 0 Å². The molecule has 1 N–H and O–H groups in total. The molecule has 0 aliphatic rings. The molecule has 0 radical (unpaired) electrons. The fraction of sp³-hybridized carbons (Fsp3) is 0.400. The minimum absolute atomic E-state index is 0.913. The number of nitrogens with one attached hydrogen (secondary N) is 1. The summed E-state index contributed by atoms with van der Waals surface area (Å²) in [5, 5.41) is 4.60. The van der Waals surface area contributed by atoms with Crippen molar-refractivity contribution in [1.29, 1.82) is 0 Å². The molecular weight excluding hydrogens is 208 g/mol. The zero-order chi connectivity index (χ0) is 12.4. The van der Waals surface area contributed by atoms with Crippen LogP contribution in [0.2, 0.25) is 0 Å². The third-order valence-electron chi connectivity index (χ3n) is 3.06. The van der Waals surface area contributed by atoms with Crippen molar-refractivity contribution in [2.45, 2.75) is 34.1 Å². The number of aromatic nitrogens is 1. The lowest BCUT2D eigenvalue weighted by Gasteiger charge is -2.12. The van der Waals surface area contributed by atoms with Gasteiger partial charge in [-0.3, -0.25) is 0 Å². The molecule has 0 amide bonds. The molecule has 0 saturated carbocycles. The van der Waals surface area contributed by atoms with Crippen LogP contribution in [-0.2, 0) is 6.42 Å². The fourth-order valence-corrected chi connectivity index (χ4v) is 2.29. The molecule has 1 aromatic carbocycles. The van der Waals surface area contributed by atoms with Crippen molar-refractivity contribution in [1.82, 2.24) is 4.98 Å². The predicted molar refractivity (Wildman–Crippen MR) is 74.8 cm³/mol. The second kappa shape index (κ2) is 4.74. The molecule has 2 rings (SSSR count). The van der Waals surface area contributed by atoms with E-state index in [0.717, 1.165) is 24.3 Å². The van der Waals surface area contributed by atoms with Gasteiger partial charge >= 0.3 is 0 Å². The van der Waals surface area contributed by atoms with Crippen molar-refractivity contribution in [3.8, 4) is 0 Å². The molecule has 0 bridgehead atoms. The summed E-state index contributed by atoms with van der Waals surface area (Å²) in [6.45, 7) is 9.45. The molecule has 17 heavy (non-hydrogen) atoms. The van der Waals surface area contributed by atoms with E-state index in [-0.39, 0.29) is 0 Å². The van der Waals surface area contributed by atoms with Gasteiger partial charge in [0.15, 0.2) is 0 Å². The van der Waals surface area contributed by atoms with Gasteiger partial charge in [0.25, 0.3) is 0 Å². The van der Waals surface area contributed by atoms with E-state index in [1.165, 1.54) is 22.1 Å². The number of aryl methyl sites for hydroxylation is 3. The Bertz CT molecular complexity index is 544. The lowest BCUT2D eigenvalue weighted by atomic mass is 10.0. The molecule has 1 aromatic heterocycles. The molecule has 90 valence electrons. The summed E-state index contributed by atoms with van der Waals surface area (Å²) >= 11 is 0. The van der Waals surface area contributed by atoms with Crippen LogP contribution in [0.4, 0.5) is 5.82 Å². The third-order valence-corrected chi connectivity index (χ3v) is 3.06. The Kier molecular flexibility index (Phi) is 3.32. The van der Waals surface area contributed by atoms with Gasteiger partial charge in [0.05, 0.1) is 5.52 Å². The summed E-state index contributed by atoms with van der Waals surface area (Å²) in [6.07, 6.45) is 1.01. The molecule has 0 aliphatic heterocycles. The molecule has 2 nitrogen and oxygen atoms in total. The van der Waals surface area contributed by atoms with Crippen LogP contribution in [-0.4, -0.2) is 11.5 Å². The monoisotopic (exact) mass is 228 g/mol. The first-order valence-electron chi connectivity index (χ1n) is 6.30. The number of anilines is 1. The SMILES string of the molecule is CCNc1nc2c(C)cc(C)cc2cc1CC. The number of rotatable bonds is 3. The van der Waals surface area contributed by atoms with Crippen molar-refractivity contribution in [2.75, 3.05) is 11.9 Å². The van der Waals surface area contributed by atoms with Crippen LogP contribution in [0, 0.1) is 13.8 Å². The summed E-state index contributed by atoms with van der Waals surface area (Å²) in [4.78, 5) is 4.77. The van der Waals surface area contributed by atoms with Crippen molar-refractivity contribution in [2.24, 2.45) is 0 Å². The highest BCUT2D eigenvalue weighted by molar-refractivity contribution is 5.85. The number of pyridine rings is 1. The molecular formula is C15H20N2. The van der Waals surface area contributed by atoms with E-state index in [2.05, 4.69) is 51.2 Å². The molecule has 0 aliphatic carbocycles. The fourth-order valence-electron chi connectivity index (χ4n) is 2.29. The highest BCUT2D eigenvalue weighted by Gasteiger charge is 2.07. The van der Waals surface area contributed by atoms with Crippen LogP contribution in [0.25, 0.3) is 10.9 Å². The van der Waals surface area contributed by atoms with Gasteiger partial charge in [-0.2, -0.15) is 0 Å². The summed E-state index contributed by atoms with van der Waals surface area (Å²) in [5.74, 6) is 1.04. The predicted octanol–water partition coefficient (Wildman–Crippen LogP) is 3.85. The van der Waals surface area contributed by atoms with Crippen LogP contribution < -0.4 is 5.32 Å². The first-order chi connectivity index (χ1) is 8.15. The Hall–Kier alpha value is -1.57. The average molecular weight is 228 g/mol. The number of hydrogen-bond donors (Lipinski definition) is 1. The van der Waals surface area contributed by atoms with Crippen LogP contribution in [0.5, 0.6) is 0 Å². The van der Waals surface area contributed by atoms with Crippen molar-refractivity contribution in [3.05, 3.63) is 34.9 Å². The van der Waals surface area contributed by atoms with Gasteiger partial charge in [0, 0.05) is 11.9 Å². The standard InChI is InChI=1S/C15H20N2/c1-5-12-9-13-8-10(3)7-11(4)14(13)17-15(12)16-6-2/h7-9H,5-6H2,1-4H3,(H,16,17). The molecule has 2 aromatic rings. The van der Waals surface area contributed by atoms with Gasteiger partial charge in [-0.1, -0.05) is 18.6 Å². The van der Waals surface area contributed by atoms with Gasteiger partial charge in [-0.25, -0.2) is 4.98 Å². The lowest BCUT2D eigenvalue weighted by molar-refractivity contribution is 1.08. The largest absolute Gasteiger partial charge is 0.370 e. The molecule has 2 heteroatoms. The summed E-state index contributed by atoms with van der Waals surface area (Å²) < 4.78 is 0. The van der Waals surface area contributed by atoms with Crippen LogP contribution in [0.15, 0.2) is 18.2 Å². The molecule has 0 fully saturated rings. The molecule has 0 spiro atoms. The van der Waals surface area contributed by atoms with Crippen molar-refractivity contribution >= 4 is 16.7 Å². The number of hydrogen-bond acceptors (Lipinski definition) is 2. The minimum Gasteiger partial charge on any atom is -0.370 e. The summed E-state index contributed by atoms with van der Waals surface area (Å²) in [5.41, 5.74) is 4.96. The third kappa shape index (κ3) is 2.26. The molecule has 0 atom stereocenters. The lowest BCUT2D eigenvalue weighted by Crippen LogP contribution is -2.04. The van der Waals surface area contributed by atoms with E-state index in [9.17, 15) is 0 Å². The highest BCUT2D eigenvalue weighted by Crippen LogP contribution is 2.24. The second-order valence-electron chi connectivity index (χ2n) is 4.53. The van der Waals surface area contributed by atoms with Gasteiger partial charge < -0.3 is 5.32 Å². The van der Waals surface area contributed by atoms with E-state index >= 15 is 0 Å². The second-order valence-corrected chi connectivity index (χ2v) is 4.53. The Balaban J connectivity index is 2.69. The van der Waals surface area contributed by atoms with E-state index in [1.54, 1.807) is 0 Å². The van der Waals surface area contributed by atoms with Gasteiger partial charge in [0.2, 0.25) is 0 Å². The van der Waals surface area contributed by atoms with Crippen molar-refractivity contribution in [3.63, 3.8) is 0 Å². The highest BCUT2D eigenvalue weighted by atomic mass is 15.0. The molecule has 1 heterocycles. The first-order valence-corrected chi connectivity index (χ1v) is 6.30. The van der Waals surface area contributed by atoms with E-state index in [0.29, 0.717) is 0 Å². The number of fused-ring (bicyclic) bond motifs is 1. The normalized spacial score (nSPS) is 10.8.